The lowest BCUT2D eigenvalue weighted by atomic mass is 10.0. The molecule has 1 N–H and O–H groups in total. The maximum absolute atomic E-state index is 12.9. The number of rotatable bonds is 4. The molecule has 0 saturated carbocycles. The molecule has 156 valence electrons. The van der Waals surface area contributed by atoms with Gasteiger partial charge < -0.3 is 19.4 Å². The highest BCUT2D eigenvalue weighted by Gasteiger charge is 2.19. The molecule has 5 rings (SSSR count). The number of ether oxygens (including phenoxy) is 2. The topological polar surface area (TPSA) is 80.3 Å². The van der Waals surface area contributed by atoms with Crippen molar-refractivity contribution in [3.63, 3.8) is 0 Å². The number of amides is 1. The molecule has 1 aromatic carbocycles. The van der Waals surface area contributed by atoms with Crippen molar-refractivity contribution in [3.8, 4) is 28.0 Å². The normalized spacial score (nSPS) is 14.0. The molecule has 7 heteroatoms. The standard InChI is InChI=1S/C24H22N4O3/c1-30-22-5-3-2-4-19(22)21-15-27-23-20(21)11-17(14-26-23)16-10-18(13-25-12-16)24(29)28-6-8-31-9-7-28/h2-5,10-15H,6-9H2,1H3,(H,26,27). The summed E-state index contributed by atoms with van der Waals surface area (Å²) in [5.41, 5.74) is 5.10. The molecular formula is C24H22N4O3. The van der Waals surface area contributed by atoms with Crippen LogP contribution in [0.15, 0.2) is 61.2 Å². The molecular weight excluding hydrogens is 392 g/mol. The number of pyridine rings is 2. The predicted octanol–water partition coefficient (Wildman–Crippen LogP) is 3.77. The predicted molar refractivity (Wildman–Crippen MR) is 118 cm³/mol. The number of nitrogens with one attached hydrogen (secondary N) is 1. The van der Waals surface area contributed by atoms with E-state index in [4.69, 9.17) is 9.47 Å². The van der Waals surface area contributed by atoms with Gasteiger partial charge in [0.1, 0.15) is 11.4 Å². The smallest absolute Gasteiger partial charge is 0.255 e. The van der Waals surface area contributed by atoms with Gasteiger partial charge >= 0.3 is 0 Å². The molecule has 3 aromatic heterocycles. The third-order valence-electron chi connectivity index (χ3n) is 5.55. The molecule has 4 heterocycles. The Morgan fingerprint density at radius 1 is 1.06 bits per heavy atom. The highest BCUT2D eigenvalue weighted by atomic mass is 16.5. The number of aromatic nitrogens is 3. The van der Waals surface area contributed by atoms with E-state index in [1.165, 1.54) is 0 Å². The molecule has 1 aliphatic rings. The maximum Gasteiger partial charge on any atom is 0.255 e. The van der Waals surface area contributed by atoms with Gasteiger partial charge in [0.15, 0.2) is 0 Å². The Balaban J connectivity index is 1.53. The van der Waals surface area contributed by atoms with Gasteiger partial charge in [-0.25, -0.2) is 4.98 Å². The number of methoxy groups -OCH3 is 1. The summed E-state index contributed by atoms with van der Waals surface area (Å²) in [6.07, 6.45) is 7.11. The molecule has 0 spiro atoms. The van der Waals surface area contributed by atoms with Gasteiger partial charge in [-0.2, -0.15) is 0 Å². The lowest BCUT2D eigenvalue weighted by molar-refractivity contribution is 0.0302. The van der Waals surface area contributed by atoms with E-state index in [0.29, 0.717) is 31.9 Å². The number of para-hydroxylation sites is 1. The van der Waals surface area contributed by atoms with Gasteiger partial charge in [-0.3, -0.25) is 9.78 Å². The van der Waals surface area contributed by atoms with E-state index in [2.05, 4.69) is 21.0 Å². The molecule has 31 heavy (non-hydrogen) atoms. The number of H-pyrrole nitrogens is 1. The summed E-state index contributed by atoms with van der Waals surface area (Å²) < 4.78 is 10.9. The van der Waals surface area contributed by atoms with E-state index in [1.54, 1.807) is 30.6 Å². The zero-order valence-electron chi connectivity index (χ0n) is 17.2. The Morgan fingerprint density at radius 3 is 2.71 bits per heavy atom. The van der Waals surface area contributed by atoms with Crippen molar-refractivity contribution in [2.45, 2.75) is 0 Å². The minimum absolute atomic E-state index is 0.0250. The third-order valence-corrected chi connectivity index (χ3v) is 5.55. The molecule has 0 aliphatic carbocycles. The van der Waals surface area contributed by atoms with Crippen molar-refractivity contribution < 1.29 is 14.3 Å². The van der Waals surface area contributed by atoms with Crippen molar-refractivity contribution in [2.24, 2.45) is 0 Å². The first-order chi connectivity index (χ1) is 15.2. The molecule has 0 bridgehead atoms. The Hall–Kier alpha value is -3.71. The van der Waals surface area contributed by atoms with Crippen molar-refractivity contribution in [1.82, 2.24) is 19.9 Å². The Bertz CT molecular complexity index is 1240. The van der Waals surface area contributed by atoms with Crippen molar-refractivity contribution in [1.29, 1.82) is 0 Å². The summed E-state index contributed by atoms with van der Waals surface area (Å²) in [6.45, 7) is 2.34. The molecule has 1 amide bonds. The van der Waals surface area contributed by atoms with Crippen molar-refractivity contribution in [3.05, 3.63) is 66.7 Å². The molecule has 1 aliphatic heterocycles. The van der Waals surface area contributed by atoms with Crippen LogP contribution in [0.2, 0.25) is 0 Å². The first kappa shape index (κ1) is 19.3. The maximum atomic E-state index is 12.9. The Kier molecular flexibility index (Phi) is 5.09. The van der Waals surface area contributed by atoms with Crippen LogP contribution in [0.5, 0.6) is 5.75 Å². The summed E-state index contributed by atoms with van der Waals surface area (Å²) in [5.74, 6) is 0.775. The van der Waals surface area contributed by atoms with Crippen LogP contribution in [0.4, 0.5) is 0 Å². The van der Waals surface area contributed by atoms with Gasteiger partial charge in [0.05, 0.1) is 25.9 Å². The minimum atomic E-state index is -0.0250. The van der Waals surface area contributed by atoms with E-state index in [1.807, 2.05) is 36.5 Å². The summed E-state index contributed by atoms with van der Waals surface area (Å²) in [4.78, 5) is 26.8. The monoisotopic (exact) mass is 414 g/mol. The highest BCUT2D eigenvalue weighted by molar-refractivity contribution is 5.98. The van der Waals surface area contributed by atoms with Crippen molar-refractivity contribution in [2.75, 3.05) is 33.4 Å². The van der Waals surface area contributed by atoms with Crippen LogP contribution in [0.25, 0.3) is 33.3 Å². The first-order valence-electron chi connectivity index (χ1n) is 10.2. The molecule has 0 radical (unpaired) electrons. The summed E-state index contributed by atoms with van der Waals surface area (Å²) >= 11 is 0. The summed E-state index contributed by atoms with van der Waals surface area (Å²) in [6, 6.07) is 11.8. The van der Waals surface area contributed by atoms with Crippen LogP contribution >= 0.6 is 0 Å². The second kappa shape index (κ2) is 8.20. The second-order valence-electron chi connectivity index (χ2n) is 7.39. The Labute approximate surface area is 179 Å². The average Bonchev–Trinajstić information content (AvgIpc) is 3.27. The van der Waals surface area contributed by atoms with E-state index in [0.717, 1.165) is 39.0 Å². The zero-order chi connectivity index (χ0) is 21.2. The average molecular weight is 414 g/mol. The third kappa shape index (κ3) is 3.64. The number of morpholine rings is 1. The fraction of sp³-hybridized carbons (Fsp3) is 0.208. The fourth-order valence-corrected chi connectivity index (χ4v) is 3.92. The van der Waals surface area contributed by atoms with Gasteiger partial charge in [0.25, 0.3) is 5.91 Å². The number of fused-ring (bicyclic) bond motifs is 1. The molecule has 0 unspecified atom stereocenters. The van der Waals surface area contributed by atoms with Crippen LogP contribution in [-0.4, -0.2) is 59.2 Å². The fourth-order valence-electron chi connectivity index (χ4n) is 3.92. The number of aromatic amines is 1. The molecule has 7 nitrogen and oxygen atoms in total. The zero-order valence-corrected chi connectivity index (χ0v) is 17.2. The quantitative estimate of drug-likeness (QED) is 0.550. The lowest BCUT2D eigenvalue weighted by Crippen LogP contribution is -2.40. The number of hydrogen-bond acceptors (Lipinski definition) is 5. The van der Waals surface area contributed by atoms with Crippen molar-refractivity contribution >= 4 is 16.9 Å². The SMILES string of the molecule is COc1ccccc1-c1c[nH]c2ncc(-c3cncc(C(=O)N4CCOCC4)c3)cc12. The van der Waals surface area contributed by atoms with Crippen LogP contribution in [0.1, 0.15) is 10.4 Å². The molecule has 4 aromatic rings. The van der Waals surface area contributed by atoms with Gasteiger partial charge in [-0.1, -0.05) is 18.2 Å². The number of carbonyl (C=O) groups excluding carboxylic acids is 1. The lowest BCUT2D eigenvalue weighted by Gasteiger charge is -2.26. The van der Waals surface area contributed by atoms with Gasteiger partial charge in [-0.15, -0.1) is 0 Å². The van der Waals surface area contributed by atoms with Gasteiger partial charge in [-0.05, 0) is 18.2 Å². The molecule has 0 atom stereocenters. The van der Waals surface area contributed by atoms with Crippen LogP contribution in [0, 0.1) is 0 Å². The Morgan fingerprint density at radius 2 is 1.87 bits per heavy atom. The number of hydrogen-bond donors (Lipinski definition) is 1. The van der Waals surface area contributed by atoms with Gasteiger partial charge in [0.2, 0.25) is 0 Å². The number of nitrogens with zero attached hydrogens (tertiary/aromatic N) is 3. The van der Waals surface area contributed by atoms with E-state index in [-0.39, 0.29) is 5.91 Å². The van der Waals surface area contributed by atoms with Crippen LogP contribution < -0.4 is 4.74 Å². The van der Waals surface area contributed by atoms with E-state index >= 15 is 0 Å². The molecule has 1 saturated heterocycles. The van der Waals surface area contributed by atoms with Gasteiger partial charge in [0, 0.05) is 65.5 Å². The van der Waals surface area contributed by atoms with E-state index < -0.39 is 0 Å². The van der Waals surface area contributed by atoms with Crippen LogP contribution in [-0.2, 0) is 4.74 Å². The highest BCUT2D eigenvalue weighted by Crippen LogP contribution is 2.35. The number of benzene rings is 1. The van der Waals surface area contributed by atoms with Crippen LogP contribution in [0.3, 0.4) is 0 Å². The summed E-state index contributed by atoms with van der Waals surface area (Å²) in [7, 11) is 1.67. The van der Waals surface area contributed by atoms with E-state index in [9.17, 15) is 4.79 Å². The second-order valence-corrected chi connectivity index (χ2v) is 7.39. The largest absolute Gasteiger partial charge is 0.496 e. The minimum Gasteiger partial charge on any atom is -0.496 e. The molecule has 1 fully saturated rings. The number of carbonyl (C=O) groups is 1. The first-order valence-corrected chi connectivity index (χ1v) is 10.2. The summed E-state index contributed by atoms with van der Waals surface area (Å²) in [5, 5.41) is 0.979.